The Bertz CT molecular complexity index is 1130. The number of carbonyl (C=O) groups excluding carboxylic acids is 1. The molecule has 0 aliphatic carbocycles. The van der Waals surface area contributed by atoms with Crippen LogP contribution in [-0.4, -0.2) is 31.6 Å². The van der Waals surface area contributed by atoms with Gasteiger partial charge in [-0.05, 0) is 42.3 Å². The zero-order valence-corrected chi connectivity index (χ0v) is 19.0. The first-order valence-corrected chi connectivity index (χ1v) is 11.8. The van der Waals surface area contributed by atoms with Crippen LogP contribution in [0.25, 0.3) is 11.3 Å². The van der Waals surface area contributed by atoms with Crippen molar-refractivity contribution in [3.63, 3.8) is 0 Å². The summed E-state index contributed by atoms with van der Waals surface area (Å²) in [5.74, 6) is 0.229. The lowest BCUT2D eigenvalue weighted by atomic mass is 10.1. The topological polar surface area (TPSA) is 92.5 Å². The fourth-order valence-corrected chi connectivity index (χ4v) is 4.84. The summed E-state index contributed by atoms with van der Waals surface area (Å²) < 4.78 is 33.0. The van der Waals surface area contributed by atoms with Crippen LogP contribution in [0.15, 0.2) is 59.5 Å². The number of nitrogens with one attached hydrogen (secondary N) is 1. The Morgan fingerprint density at radius 1 is 1.16 bits per heavy atom. The lowest BCUT2D eigenvalue weighted by Crippen LogP contribution is -2.34. The molecule has 1 aromatic heterocycles. The highest BCUT2D eigenvalue weighted by molar-refractivity contribution is 7.92. The monoisotopic (exact) mass is 481 g/mol. The van der Waals surface area contributed by atoms with Crippen LogP contribution in [0.5, 0.6) is 0 Å². The van der Waals surface area contributed by atoms with Crippen molar-refractivity contribution in [2.24, 2.45) is 0 Å². The number of amides is 1. The molecule has 0 unspecified atom stereocenters. The molecule has 0 bridgehead atoms. The fraction of sp³-hybridized carbons (Fsp3) is 0.238. The van der Waals surface area contributed by atoms with Crippen molar-refractivity contribution >= 4 is 44.8 Å². The normalized spacial score (nSPS) is 11.3. The third-order valence-electron chi connectivity index (χ3n) is 4.51. The molecule has 164 valence electrons. The number of nitrogens with zero attached hydrogens (tertiary/aromatic N) is 2. The molecule has 0 radical (unpaired) electrons. The second kappa shape index (κ2) is 10.2. The highest BCUT2D eigenvalue weighted by Crippen LogP contribution is 2.30. The van der Waals surface area contributed by atoms with Gasteiger partial charge in [-0.3, -0.25) is 9.10 Å². The van der Waals surface area contributed by atoms with E-state index in [2.05, 4.69) is 10.3 Å². The average Bonchev–Trinajstić information content (AvgIpc) is 3.27. The Hall–Kier alpha value is -2.55. The van der Waals surface area contributed by atoms with Crippen molar-refractivity contribution in [2.75, 3.05) is 16.6 Å². The van der Waals surface area contributed by atoms with E-state index in [9.17, 15) is 13.2 Å². The molecule has 0 spiro atoms. The largest absolute Gasteiger partial charge is 0.444 e. The molecule has 3 aromatic rings. The third kappa shape index (κ3) is 6.00. The van der Waals surface area contributed by atoms with E-state index in [1.165, 1.54) is 17.6 Å². The maximum absolute atomic E-state index is 13.2. The van der Waals surface area contributed by atoms with Gasteiger partial charge in [-0.15, -0.1) is 0 Å². The van der Waals surface area contributed by atoms with Crippen LogP contribution in [0.4, 0.5) is 5.69 Å². The fourth-order valence-electron chi connectivity index (χ4n) is 2.96. The van der Waals surface area contributed by atoms with E-state index in [-0.39, 0.29) is 31.2 Å². The number of rotatable bonds is 9. The molecule has 1 amide bonds. The van der Waals surface area contributed by atoms with Gasteiger partial charge in [0.05, 0.1) is 34.2 Å². The van der Waals surface area contributed by atoms with Crippen LogP contribution in [0.3, 0.4) is 0 Å². The highest BCUT2D eigenvalue weighted by Gasteiger charge is 2.24. The minimum absolute atomic E-state index is 0.0174. The number of carbonyl (C=O) groups is 1. The molecule has 1 heterocycles. The van der Waals surface area contributed by atoms with E-state index in [1.807, 2.05) is 0 Å². The minimum Gasteiger partial charge on any atom is -0.444 e. The van der Waals surface area contributed by atoms with Gasteiger partial charge in [0, 0.05) is 19.0 Å². The second-order valence-electron chi connectivity index (χ2n) is 6.78. The Morgan fingerprint density at radius 3 is 2.55 bits per heavy atom. The quantitative estimate of drug-likeness (QED) is 0.453. The molecule has 0 saturated carbocycles. The van der Waals surface area contributed by atoms with Crippen LogP contribution in [-0.2, 0) is 21.4 Å². The van der Waals surface area contributed by atoms with Crippen molar-refractivity contribution in [3.05, 3.63) is 70.7 Å². The zero-order chi connectivity index (χ0) is 22.4. The summed E-state index contributed by atoms with van der Waals surface area (Å²) in [6, 6.07) is 12.0. The predicted molar refractivity (Wildman–Crippen MR) is 122 cm³/mol. The third-order valence-corrected chi connectivity index (χ3v) is 7.18. The van der Waals surface area contributed by atoms with E-state index in [0.29, 0.717) is 27.1 Å². The molecule has 3 rings (SSSR count). The second-order valence-corrected chi connectivity index (χ2v) is 9.58. The SMILES string of the molecule is CC(=O)NCCCS(=O)(=O)N(Cc1cccc(Cl)c1Cl)c1ccc(-c2cnco2)cc1. The van der Waals surface area contributed by atoms with Crippen molar-refractivity contribution in [1.82, 2.24) is 10.3 Å². The van der Waals surface area contributed by atoms with Gasteiger partial charge in [-0.1, -0.05) is 35.3 Å². The van der Waals surface area contributed by atoms with Gasteiger partial charge >= 0.3 is 0 Å². The van der Waals surface area contributed by atoms with Gasteiger partial charge in [-0.25, -0.2) is 13.4 Å². The van der Waals surface area contributed by atoms with E-state index < -0.39 is 10.0 Å². The summed E-state index contributed by atoms with van der Waals surface area (Å²) in [6.45, 7) is 1.67. The number of anilines is 1. The molecule has 7 nitrogen and oxygen atoms in total. The number of benzene rings is 2. The first-order valence-electron chi connectivity index (χ1n) is 9.44. The molecule has 0 aliphatic rings. The lowest BCUT2D eigenvalue weighted by molar-refractivity contribution is -0.118. The molecule has 1 N–H and O–H groups in total. The Morgan fingerprint density at radius 2 is 1.90 bits per heavy atom. The van der Waals surface area contributed by atoms with Crippen molar-refractivity contribution in [2.45, 2.75) is 19.9 Å². The zero-order valence-electron chi connectivity index (χ0n) is 16.7. The molecular formula is C21H21Cl2N3O4S. The van der Waals surface area contributed by atoms with Crippen LogP contribution >= 0.6 is 23.2 Å². The first kappa shape index (κ1) is 23.1. The molecule has 31 heavy (non-hydrogen) atoms. The Labute approximate surface area is 191 Å². The number of oxazole rings is 1. The number of hydrogen-bond donors (Lipinski definition) is 1. The summed E-state index contributed by atoms with van der Waals surface area (Å²) in [4.78, 5) is 14.9. The summed E-state index contributed by atoms with van der Waals surface area (Å²) in [5.41, 5.74) is 1.82. The molecule has 2 aromatic carbocycles. The van der Waals surface area contributed by atoms with Crippen molar-refractivity contribution in [3.8, 4) is 11.3 Å². The van der Waals surface area contributed by atoms with E-state index in [4.69, 9.17) is 27.6 Å². The summed E-state index contributed by atoms with van der Waals surface area (Å²) in [7, 11) is -3.72. The van der Waals surface area contributed by atoms with Crippen LogP contribution in [0.1, 0.15) is 18.9 Å². The maximum Gasteiger partial charge on any atom is 0.235 e. The van der Waals surface area contributed by atoms with E-state index in [1.54, 1.807) is 48.7 Å². The Balaban J connectivity index is 1.90. The van der Waals surface area contributed by atoms with Crippen molar-refractivity contribution < 1.29 is 17.6 Å². The smallest absolute Gasteiger partial charge is 0.235 e. The standard InChI is InChI=1S/C21H21Cl2N3O4S/c1-15(27)25-10-3-11-31(28,29)26(13-17-4-2-5-19(22)21(17)23)18-8-6-16(7-9-18)20-12-24-14-30-20/h2,4-9,12,14H,3,10-11,13H2,1H3,(H,25,27). The number of hydrogen-bond acceptors (Lipinski definition) is 5. The molecular weight excluding hydrogens is 461 g/mol. The lowest BCUT2D eigenvalue weighted by Gasteiger charge is -2.25. The van der Waals surface area contributed by atoms with Crippen LogP contribution in [0, 0.1) is 0 Å². The highest BCUT2D eigenvalue weighted by atomic mass is 35.5. The number of aromatic nitrogens is 1. The molecule has 0 fully saturated rings. The summed E-state index contributed by atoms with van der Waals surface area (Å²) >= 11 is 12.4. The molecule has 0 aliphatic heterocycles. The predicted octanol–water partition coefficient (Wildman–Crippen LogP) is 4.51. The van der Waals surface area contributed by atoms with Gasteiger partial charge in [0.15, 0.2) is 12.2 Å². The summed E-state index contributed by atoms with van der Waals surface area (Å²) in [5, 5.41) is 3.27. The minimum atomic E-state index is -3.72. The van der Waals surface area contributed by atoms with Crippen LogP contribution in [0.2, 0.25) is 10.0 Å². The molecule has 0 saturated heterocycles. The van der Waals surface area contributed by atoms with Gasteiger partial charge in [0.1, 0.15) is 0 Å². The maximum atomic E-state index is 13.2. The van der Waals surface area contributed by atoms with Crippen molar-refractivity contribution in [1.29, 1.82) is 0 Å². The number of sulfonamides is 1. The summed E-state index contributed by atoms with van der Waals surface area (Å²) in [6.07, 6.45) is 3.19. The molecule has 0 atom stereocenters. The van der Waals surface area contributed by atoms with Gasteiger partial charge in [-0.2, -0.15) is 0 Å². The van der Waals surface area contributed by atoms with E-state index in [0.717, 1.165) is 5.56 Å². The average molecular weight is 482 g/mol. The van der Waals surface area contributed by atoms with Gasteiger partial charge < -0.3 is 9.73 Å². The Kier molecular flexibility index (Phi) is 7.59. The van der Waals surface area contributed by atoms with Crippen LogP contribution < -0.4 is 9.62 Å². The van der Waals surface area contributed by atoms with Gasteiger partial charge in [0.25, 0.3) is 0 Å². The molecule has 10 heteroatoms. The first-order chi connectivity index (χ1) is 14.8. The van der Waals surface area contributed by atoms with Gasteiger partial charge in [0.2, 0.25) is 15.9 Å². The van der Waals surface area contributed by atoms with E-state index >= 15 is 0 Å². The number of halogens is 2.